The topological polar surface area (TPSA) is 144 Å². The zero-order valence-electron chi connectivity index (χ0n) is 20.2. The summed E-state index contributed by atoms with van der Waals surface area (Å²) in [5, 5.41) is 8.11. The van der Waals surface area contributed by atoms with Crippen LogP contribution in [0.4, 0.5) is 16.2 Å². The lowest BCUT2D eigenvalue weighted by Crippen LogP contribution is -2.37. The predicted octanol–water partition coefficient (Wildman–Crippen LogP) is 3.50. The number of hydrogen-bond acceptors (Lipinski definition) is 8. The third kappa shape index (κ3) is 7.95. The van der Waals surface area contributed by atoms with Gasteiger partial charge in [-0.15, -0.1) is 0 Å². The Morgan fingerprint density at radius 3 is 2.39 bits per heavy atom. The van der Waals surface area contributed by atoms with Crippen molar-refractivity contribution in [1.29, 1.82) is 0 Å². The van der Waals surface area contributed by atoms with E-state index in [4.69, 9.17) is 13.7 Å². The molecule has 0 unspecified atom stereocenters. The summed E-state index contributed by atoms with van der Waals surface area (Å²) in [5.74, 6) is -0.475. The van der Waals surface area contributed by atoms with Gasteiger partial charge in [0.15, 0.2) is 5.75 Å². The van der Waals surface area contributed by atoms with Gasteiger partial charge in [0.1, 0.15) is 11.5 Å². The van der Waals surface area contributed by atoms with Gasteiger partial charge in [-0.25, -0.2) is 9.79 Å². The van der Waals surface area contributed by atoms with E-state index < -0.39 is 22.1 Å². The molecule has 0 aliphatic heterocycles. The Balaban J connectivity index is 1.92. The predicted molar refractivity (Wildman–Crippen MR) is 135 cm³/mol. The molecule has 0 saturated heterocycles. The number of carbonyl (C=O) groups is 2. The first kappa shape index (κ1) is 27.0. The highest BCUT2D eigenvalue weighted by atomic mass is 32.2. The minimum Gasteiger partial charge on any atom is -0.453 e. The average Bonchev–Trinajstić information content (AvgIpc) is 2.86. The Kier molecular flexibility index (Phi) is 9.65. The molecule has 11 nitrogen and oxygen atoms in total. The normalized spacial score (nSPS) is 14.6. The number of aliphatic imine (C=N–C) groups is 1. The number of nitrogens with one attached hydrogen (secondary N) is 3. The number of hydrogen-bond donors (Lipinski definition) is 3. The Hall–Kier alpha value is -3.64. The van der Waals surface area contributed by atoms with Crippen molar-refractivity contribution < 1.29 is 31.7 Å². The summed E-state index contributed by atoms with van der Waals surface area (Å²) in [7, 11) is -1.60. The van der Waals surface area contributed by atoms with Gasteiger partial charge >= 0.3 is 16.2 Å². The number of methoxy groups -OCH3 is 2. The first-order chi connectivity index (χ1) is 17.3. The van der Waals surface area contributed by atoms with Crippen LogP contribution in [-0.2, 0) is 24.4 Å². The number of ether oxygens (including phenoxy) is 2. The summed E-state index contributed by atoms with van der Waals surface area (Å²) in [6, 6.07) is 12.1. The third-order valence-electron chi connectivity index (χ3n) is 5.32. The van der Waals surface area contributed by atoms with Crippen LogP contribution in [0.1, 0.15) is 32.1 Å². The van der Waals surface area contributed by atoms with Gasteiger partial charge in [-0.1, -0.05) is 37.5 Å². The first-order valence-corrected chi connectivity index (χ1v) is 12.8. The highest BCUT2D eigenvalue weighted by Gasteiger charge is 2.21. The van der Waals surface area contributed by atoms with Crippen LogP contribution in [0.25, 0.3) is 0 Å². The Labute approximate surface area is 210 Å². The SMILES string of the molecule is COCC(=O)Nc1ccc(NC(=NC2CCCCC2)NC(=O)OC)cc1OS(=O)(=O)c1ccccc1. The molecule has 36 heavy (non-hydrogen) atoms. The van der Waals surface area contributed by atoms with Crippen LogP contribution in [0.3, 0.4) is 0 Å². The van der Waals surface area contributed by atoms with E-state index in [0.717, 1.165) is 32.1 Å². The molecule has 3 N–H and O–H groups in total. The van der Waals surface area contributed by atoms with E-state index in [1.54, 1.807) is 24.3 Å². The lowest BCUT2D eigenvalue weighted by atomic mass is 9.96. The number of alkyl carbamates (subject to hydrolysis) is 1. The summed E-state index contributed by atoms with van der Waals surface area (Å²) in [6.07, 6.45) is 4.32. The van der Waals surface area contributed by atoms with Crippen LogP contribution in [0, 0.1) is 0 Å². The molecule has 1 fully saturated rings. The molecule has 0 heterocycles. The van der Waals surface area contributed by atoms with Gasteiger partial charge in [-0.2, -0.15) is 8.42 Å². The van der Waals surface area contributed by atoms with Crippen LogP contribution < -0.4 is 20.1 Å². The molecule has 0 atom stereocenters. The van der Waals surface area contributed by atoms with Gasteiger partial charge < -0.3 is 24.3 Å². The molecule has 2 aromatic carbocycles. The summed E-state index contributed by atoms with van der Waals surface area (Å²) < 4.78 is 40.7. The second kappa shape index (κ2) is 12.9. The summed E-state index contributed by atoms with van der Waals surface area (Å²) in [6.45, 7) is -0.230. The van der Waals surface area contributed by atoms with E-state index in [-0.39, 0.29) is 34.9 Å². The standard InChI is InChI=1S/C24H30N4O7S/c1-33-16-22(29)27-20-14-13-18(15-21(20)35-36(31,32)19-11-7-4-8-12-19)26-23(28-24(30)34-2)25-17-9-5-3-6-10-17/h4,7-8,11-15,17H,3,5-6,9-10,16H2,1-2H3,(H,27,29)(H2,25,26,28,30). The minimum absolute atomic E-state index is 0.0280. The zero-order valence-corrected chi connectivity index (χ0v) is 21.0. The highest BCUT2D eigenvalue weighted by molar-refractivity contribution is 7.87. The van der Waals surface area contributed by atoms with Gasteiger partial charge in [0.25, 0.3) is 0 Å². The van der Waals surface area contributed by atoms with Crippen molar-refractivity contribution in [3.8, 4) is 5.75 Å². The monoisotopic (exact) mass is 518 g/mol. The summed E-state index contributed by atoms with van der Waals surface area (Å²) in [5.41, 5.74) is 0.484. The molecule has 2 aromatic rings. The Bertz CT molecular complexity index is 1180. The van der Waals surface area contributed by atoms with Crippen molar-refractivity contribution >= 4 is 39.5 Å². The van der Waals surface area contributed by atoms with Crippen molar-refractivity contribution in [3.63, 3.8) is 0 Å². The minimum atomic E-state index is -4.21. The van der Waals surface area contributed by atoms with Crippen molar-refractivity contribution in [3.05, 3.63) is 48.5 Å². The number of amides is 2. The fourth-order valence-corrected chi connectivity index (χ4v) is 4.58. The molecule has 0 spiro atoms. The second-order valence-corrected chi connectivity index (χ2v) is 9.60. The van der Waals surface area contributed by atoms with Crippen LogP contribution in [-0.4, -0.2) is 53.2 Å². The quantitative estimate of drug-likeness (QED) is 0.274. The van der Waals surface area contributed by atoms with Crippen LogP contribution in [0.2, 0.25) is 0 Å². The molecule has 1 aliphatic carbocycles. The maximum Gasteiger partial charge on any atom is 0.413 e. The Morgan fingerprint density at radius 2 is 1.72 bits per heavy atom. The van der Waals surface area contributed by atoms with Crippen molar-refractivity contribution in [2.75, 3.05) is 31.5 Å². The largest absolute Gasteiger partial charge is 0.453 e. The van der Waals surface area contributed by atoms with Gasteiger partial charge in [0, 0.05) is 18.9 Å². The molecule has 194 valence electrons. The lowest BCUT2D eigenvalue weighted by molar-refractivity contribution is -0.119. The number of carbonyl (C=O) groups excluding carboxylic acids is 2. The van der Waals surface area contributed by atoms with E-state index in [1.165, 1.54) is 38.5 Å². The summed E-state index contributed by atoms with van der Waals surface area (Å²) in [4.78, 5) is 28.5. The van der Waals surface area contributed by atoms with Gasteiger partial charge in [0.2, 0.25) is 11.9 Å². The van der Waals surface area contributed by atoms with Crippen molar-refractivity contribution in [1.82, 2.24) is 5.32 Å². The van der Waals surface area contributed by atoms with Gasteiger partial charge in [0.05, 0.1) is 18.8 Å². The molecule has 0 radical (unpaired) electrons. The van der Waals surface area contributed by atoms with Crippen LogP contribution in [0.5, 0.6) is 5.75 Å². The van der Waals surface area contributed by atoms with Gasteiger partial charge in [-0.05, 0) is 37.1 Å². The van der Waals surface area contributed by atoms with E-state index >= 15 is 0 Å². The van der Waals surface area contributed by atoms with E-state index in [1.807, 2.05) is 0 Å². The maximum absolute atomic E-state index is 12.9. The number of benzene rings is 2. The molecule has 12 heteroatoms. The first-order valence-electron chi connectivity index (χ1n) is 11.4. The number of rotatable bonds is 8. The van der Waals surface area contributed by atoms with E-state index in [2.05, 4.69) is 20.9 Å². The molecular weight excluding hydrogens is 488 g/mol. The fourth-order valence-electron chi connectivity index (χ4n) is 3.62. The number of guanidine groups is 1. The number of anilines is 2. The molecule has 2 amide bonds. The second-order valence-electron chi connectivity index (χ2n) is 8.05. The van der Waals surface area contributed by atoms with Gasteiger partial charge in [-0.3, -0.25) is 10.1 Å². The third-order valence-corrected chi connectivity index (χ3v) is 6.57. The van der Waals surface area contributed by atoms with Crippen molar-refractivity contribution in [2.24, 2.45) is 4.99 Å². The molecule has 0 aromatic heterocycles. The molecule has 0 bridgehead atoms. The van der Waals surface area contributed by atoms with E-state index in [0.29, 0.717) is 5.69 Å². The average molecular weight is 519 g/mol. The molecule has 1 aliphatic rings. The fraction of sp³-hybridized carbons (Fsp3) is 0.375. The summed E-state index contributed by atoms with van der Waals surface area (Å²) >= 11 is 0. The smallest absolute Gasteiger partial charge is 0.413 e. The molecular formula is C24H30N4O7S. The molecule has 1 saturated carbocycles. The highest BCUT2D eigenvalue weighted by Crippen LogP contribution is 2.31. The zero-order chi connectivity index (χ0) is 26.0. The molecule has 3 rings (SSSR count). The van der Waals surface area contributed by atoms with Crippen molar-refractivity contribution in [2.45, 2.75) is 43.0 Å². The number of nitrogens with zero attached hydrogens (tertiary/aromatic N) is 1. The lowest BCUT2D eigenvalue weighted by Gasteiger charge is -2.20. The van der Waals surface area contributed by atoms with Crippen LogP contribution in [0.15, 0.2) is 58.4 Å². The maximum atomic E-state index is 12.9. The van der Waals surface area contributed by atoms with E-state index in [9.17, 15) is 18.0 Å². The van der Waals surface area contributed by atoms with Crippen LogP contribution >= 0.6 is 0 Å². The Morgan fingerprint density at radius 1 is 1.00 bits per heavy atom.